The lowest BCUT2D eigenvalue weighted by atomic mass is 10.0. The Morgan fingerprint density at radius 3 is 2.81 bits per heavy atom. The fourth-order valence-electron chi connectivity index (χ4n) is 2.57. The molecule has 0 spiro atoms. The number of piperidine rings is 1. The molecule has 2 N–H and O–H groups in total. The fraction of sp³-hybridized carbons (Fsp3) is 0.571. The van der Waals surface area contributed by atoms with E-state index < -0.39 is 10.0 Å². The van der Waals surface area contributed by atoms with Crippen LogP contribution in [0.25, 0.3) is 0 Å². The number of nitrogens with zero attached hydrogens (tertiary/aromatic N) is 1. The lowest BCUT2D eigenvalue weighted by Crippen LogP contribution is -2.40. The summed E-state index contributed by atoms with van der Waals surface area (Å²) in [6.07, 6.45) is 4.80. The van der Waals surface area contributed by atoms with Crippen molar-refractivity contribution in [1.29, 1.82) is 0 Å². The predicted molar refractivity (Wildman–Crippen MR) is 88.7 cm³/mol. The molecule has 1 aliphatic heterocycles. The zero-order valence-electron chi connectivity index (χ0n) is 12.4. The second-order valence-corrected chi connectivity index (χ2v) is 7.74. The summed E-state index contributed by atoms with van der Waals surface area (Å²) in [5.74, 6) is 0. The summed E-state index contributed by atoms with van der Waals surface area (Å²) >= 11 is 6.17. The largest absolute Gasteiger partial charge is 0.382 e. The van der Waals surface area contributed by atoms with Gasteiger partial charge in [0.05, 0.1) is 22.7 Å². The van der Waals surface area contributed by atoms with Gasteiger partial charge in [0.1, 0.15) is 0 Å². The lowest BCUT2D eigenvalue weighted by molar-refractivity contribution is 0.194. The first-order chi connectivity index (χ1) is 9.85. The smallest absolute Gasteiger partial charge is 0.229 e. The van der Waals surface area contributed by atoms with Crippen molar-refractivity contribution >= 4 is 33.0 Å². The van der Waals surface area contributed by atoms with Crippen LogP contribution >= 0.6 is 11.6 Å². The molecule has 1 aromatic rings. The summed E-state index contributed by atoms with van der Waals surface area (Å²) in [6, 6.07) is 5.57. The molecule has 1 aromatic carbocycles. The zero-order valence-corrected chi connectivity index (χ0v) is 14.0. The number of hydrogen-bond acceptors (Lipinski definition) is 4. The first kappa shape index (κ1) is 16.4. The van der Waals surface area contributed by atoms with Gasteiger partial charge in [-0.3, -0.25) is 4.72 Å². The van der Waals surface area contributed by atoms with Gasteiger partial charge in [-0.2, -0.15) is 0 Å². The Balaban J connectivity index is 2.03. The highest BCUT2D eigenvalue weighted by Crippen LogP contribution is 2.26. The monoisotopic (exact) mass is 331 g/mol. The summed E-state index contributed by atoms with van der Waals surface area (Å²) < 4.78 is 25.0. The highest BCUT2D eigenvalue weighted by molar-refractivity contribution is 7.92. The number of hydrogen-bond donors (Lipinski definition) is 2. The number of sulfonamides is 1. The van der Waals surface area contributed by atoms with Crippen LogP contribution in [0.15, 0.2) is 18.2 Å². The van der Waals surface area contributed by atoms with Gasteiger partial charge in [0.25, 0.3) is 0 Å². The fourth-order valence-corrected chi connectivity index (χ4v) is 3.31. The Labute approximate surface area is 131 Å². The van der Waals surface area contributed by atoms with Gasteiger partial charge in [0.2, 0.25) is 10.0 Å². The predicted octanol–water partition coefficient (Wildman–Crippen LogP) is 2.61. The van der Waals surface area contributed by atoms with Crippen molar-refractivity contribution in [2.75, 3.05) is 36.4 Å². The van der Waals surface area contributed by atoms with Crippen LogP contribution in [0, 0.1) is 0 Å². The van der Waals surface area contributed by atoms with Crippen molar-refractivity contribution in [3.63, 3.8) is 0 Å². The Kier molecular flexibility index (Phi) is 5.35. The van der Waals surface area contributed by atoms with Crippen LogP contribution < -0.4 is 10.0 Å². The standard InChI is InChI=1S/C14H22ClN3O2S/c1-18-8-4-3-5-12(18)10-16-14-9-11(6-7-13(14)15)17-21(2,19)20/h6-7,9,12,16-17H,3-5,8,10H2,1-2H3. The summed E-state index contributed by atoms with van der Waals surface area (Å²) in [5.41, 5.74) is 1.27. The van der Waals surface area contributed by atoms with Crippen molar-refractivity contribution in [2.45, 2.75) is 25.3 Å². The summed E-state index contributed by atoms with van der Waals surface area (Å²) in [7, 11) is -1.15. The Morgan fingerprint density at radius 2 is 2.14 bits per heavy atom. The highest BCUT2D eigenvalue weighted by Gasteiger charge is 2.18. The minimum atomic E-state index is -3.28. The van der Waals surface area contributed by atoms with Gasteiger partial charge in [-0.15, -0.1) is 0 Å². The third-order valence-electron chi connectivity index (χ3n) is 3.72. The molecule has 5 nitrogen and oxygen atoms in total. The van der Waals surface area contributed by atoms with Gasteiger partial charge in [0.15, 0.2) is 0 Å². The average Bonchev–Trinajstić information content (AvgIpc) is 2.39. The number of likely N-dealkylation sites (N-methyl/N-ethyl adjacent to an activating group) is 1. The Morgan fingerprint density at radius 1 is 1.38 bits per heavy atom. The van der Waals surface area contributed by atoms with E-state index in [2.05, 4.69) is 22.0 Å². The van der Waals surface area contributed by atoms with Crippen molar-refractivity contribution in [3.05, 3.63) is 23.2 Å². The van der Waals surface area contributed by atoms with E-state index in [1.54, 1.807) is 18.2 Å². The second kappa shape index (κ2) is 6.85. The summed E-state index contributed by atoms with van der Waals surface area (Å²) in [4.78, 5) is 2.35. The number of anilines is 2. The van der Waals surface area contributed by atoms with Crippen LogP contribution in [0.2, 0.25) is 5.02 Å². The van der Waals surface area contributed by atoms with Crippen molar-refractivity contribution in [1.82, 2.24) is 4.90 Å². The van der Waals surface area contributed by atoms with Gasteiger partial charge in [-0.05, 0) is 44.6 Å². The van der Waals surface area contributed by atoms with Crippen LogP contribution in [0.5, 0.6) is 0 Å². The highest BCUT2D eigenvalue weighted by atomic mass is 35.5. The first-order valence-electron chi connectivity index (χ1n) is 7.06. The van der Waals surface area contributed by atoms with Crippen LogP contribution in [-0.4, -0.2) is 45.8 Å². The van der Waals surface area contributed by atoms with Crippen LogP contribution in [0.4, 0.5) is 11.4 Å². The van der Waals surface area contributed by atoms with Crippen LogP contribution in [0.1, 0.15) is 19.3 Å². The van der Waals surface area contributed by atoms with E-state index in [0.717, 1.165) is 25.0 Å². The maximum absolute atomic E-state index is 11.3. The molecule has 1 atom stereocenters. The molecule has 1 saturated heterocycles. The number of rotatable bonds is 5. The number of nitrogens with one attached hydrogen (secondary N) is 2. The molecule has 1 fully saturated rings. The molecule has 0 radical (unpaired) electrons. The number of likely N-dealkylation sites (tertiary alicyclic amines) is 1. The molecule has 1 unspecified atom stereocenters. The average molecular weight is 332 g/mol. The maximum Gasteiger partial charge on any atom is 0.229 e. The number of halogens is 1. The summed E-state index contributed by atoms with van der Waals surface area (Å²) in [6.45, 7) is 1.92. The summed E-state index contributed by atoms with van der Waals surface area (Å²) in [5, 5.41) is 3.92. The SMILES string of the molecule is CN1CCCCC1CNc1cc(NS(C)(=O)=O)ccc1Cl. The van der Waals surface area contributed by atoms with E-state index in [4.69, 9.17) is 11.6 Å². The van der Waals surface area contributed by atoms with Crippen molar-refractivity contribution in [3.8, 4) is 0 Å². The molecular weight excluding hydrogens is 310 g/mol. The van der Waals surface area contributed by atoms with E-state index in [0.29, 0.717) is 16.8 Å². The third kappa shape index (κ3) is 5.05. The molecule has 0 saturated carbocycles. The van der Waals surface area contributed by atoms with Gasteiger partial charge in [0, 0.05) is 12.6 Å². The lowest BCUT2D eigenvalue weighted by Gasteiger charge is -2.32. The van der Waals surface area contributed by atoms with Crippen LogP contribution in [0.3, 0.4) is 0 Å². The molecule has 21 heavy (non-hydrogen) atoms. The minimum absolute atomic E-state index is 0.487. The Hall–Kier alpha value is -0.980. The minimum Gasteiger partial charge on any atom is -0.382 e. The molecule has 7 heteroatoms. The topological polar surface area (TPSA) is 61.4 Å². The second-order valence-electron chi connectivity index (χ2n) is 5.58. The normalized spacial score (nSPS) is 20.2. The van der Waals surface area contributed by atoms with E-state index >= 15 is 0 Å². The number of benzene rings is 1. The maximum atomic E-state index is 11.3. The van der Waals surface area contributed by atoms with Gasteiger partial charge >= 0.3 is 0 Å². The van der Waals surface area contributed by atoms with Crippen LogP contribution in [-0.2, 0) is 10.0 Å². The van der Waals surface area contributed by atoms with Gasteiger partial charge in [-0.1, -0.05) is 18.0 Å². The van der Waals surface area contributed by atoms with E-state index in [9.17, 15) is 8.42 Å². The van der Waals surface area contributed by atoms with Crippen molar-refractivity contribution in [2.24, 2.45) is 0 Å². The first-order valence-corrected chi connectivity index (χ1v) is 9.33. The van der Waals surface area contributed by atoms with Crippen molar-refractivity contribution < 1.29 is 8.42 Å². The van der Waals surface area contributed by atoms with E-state index in [1.165, 1.54) is 19.3 Å². The molecule has 0 amide bonds. The Bertz CT molecular complexity index is 592. The van der Waals surface area contributed by atoms with Gasteiger partial charge < -0.3 is 10.2 Å². The molecule has 1 heterocycles. The molecular formula is C14H22ClN3O2S. The molecule has 1 aliphatic rings. The quantitative estimate of drug-likeness (QED) is 0.870. The molecule has 0 aliphatic carbocycles. The molecule has 0 bridgehead atoms. The molecule has 0 aromatic heterocycles. The molecule has 2 rings (SSSR count). The molecule has 118 valence electrons. The zero-order chi connectivity index (χ0) is 15.5. The van der Waals surface area contributed by atoms with E-state index in [1.807, 2.05) is 0 Å². The third-order valence-corrected chi connectivity index (χ3v) is 4.66. The van der Waals surface area contributed by atoms with Gasteiger partial charge in [-0.25, -0.2) is 8.42 Å². The van der Waals surface area contributed by atoms with E-state index in [-0.39, 0.29) is 0 Å².